The van der Waals surface area contributed by atoms with Crippen molar-refractivity contribution >= 4 is 22.4 Å². The van der Waals surface area contributed by atoms with Crippen molar-refractivity contribution in [3.05, 3.63) is 22.3 Å². The number of carbonyl (C=O) groups excluding carboxylic acids is 1. The lowest BCUT2D eigenvalue weighted by atomic mass is 10.1. The number of anilines is 1. The summed E-state index contributed by atoms with van der Waals surface area (Å²) in [5.41, 5.74) is 6.41. The lowest BCUT2D eigenvalue weighted by Crippen LogP contribution is -2.26. The van der Waals surface area contributed by atoms with Gasteiger partial charge in [0.25, 0.3) is 5.91 Å². The Morgan fingerprint density at radius 2 is 2.17 bits per heavy atom. The summed E-state index contributed by atoms with van der Waals surface area (Å²) >= 11 is 1.22. The SMILES string of the molecule is CCc1nc(N)sc1C(=O)NCCc1noc(C2CCCC2)n1. The number of nitrogen functional groups attached to an aromatic ring is 1. The average Bonchev–Trinajstić information content (AvgIpc) is 3.26. The second-order valence-corrected chi connectivity index (χ2v) is 6.75. The highest BCUT2D eigenvalue weighted by Crippen LogP contribution is 2.32. The van der Waals surface area contributed by atoms with Crippen molar-refractivity contribution in [2.45, 2.75) is 51.4 Å². The third kappa shape index (κ3) is 3.69. The first kappa shape index (κ1) is 15.9. The Kier molecular flexibility index (Phi) is 4.90. The van der Waals surface area contributed by atoms with E-state index in [4.69, 9.17) is 10.3 Å². The van der Waals surface area contributed by atoms with Gasteiger partial charge in [-0.15, -0.1) is 0 Å². The molecule has 124 valence electrons. The van der Waals surface area contributed by atoms with Gasteiger partial charge in [-0.05, 0) is 19.3 Å². The number of nitrogens with zero attached hydrogens (tertiary/aromatic N) is 3. The van der Waals surface area contributed by atoms with Crippen molar-refractivity contribution in [1.29, 1.82) is 0 Å². The number of aromatic nitrogens is 3. The van der Waals surface area contributed by atoms with Gasteiger partial charge in [-0.25, -0.2) is 4.98 Å². The molecule has 0 bridgehead atoms. The van der Waals surface area contributed by atoms with E-state index in [1.54, 1.807) is 0 Å². The first-order chi connectivity index (χ1) is 11.2. The van der Waals surface area contributed by atoms with Crippen LogP contribution in [-0.2, 0) is 12.8 Å². The molecule has 0 radical (unpaired) electrons. The number of thiazole rings is 1. The van der Waals surface area contributed by atoms with Crippen molar-refractivity contribution in [2.24, 2.45) is 0 Å². The van der Waals surface area contributed by atoms with Crippen molar-refractivity contribution in [1.82, 2.24) is 20.4 Å². The maximum atomic E-state index is 12.2. The van der Waals surface area contributed by atoms with E-state index in [0.29, 0.717) is 41.1 Å². The maximum Gasteiger partial charge on any atom is 0.263 e. The number of aryl methyl sites for hydroxylation is 1. The molecule has 0 spiro atoms. The zero-order valence-electron chi connectivity index (χ0n) is 13.2. The molecule has 0 atom stereocenters. The molecular formula is C15H21N5O2S. The molecule has 1 aliphatic carbocycles. The summed E-state index contributed by atoms with van der Waals surface area (Å²) in [6.45, 7) is 2.42. The van der Waals surface area contributed by atoms with E-state index in [-0.39, 0.29) is 5.91 Å². The molecule has 1 saturated carbocycles. The number of nitrogens with one attached hydrogen (secondary N) is 1. The minimum absolute atomic E-state index is 0.143. The molecule has 7 nitrogen and oxygen atoms in total. The van der Waals surface area contributed by atoms with E-state index in [1.165, 1.54) is 24.2 Å². The molecule has 1 aliphatic rings. The number of rotatable bonds is 6. The number of nitrogens with two attached hydrogens (primary N) is 1. The van der Waals surface area contributed by atoms with Gasteiger partial charge in [0.05, 0.1) is 5.69 Å². The summed E-state index contributed by atoms with van der Waals surface area (Å²) in [5, 5.41) is 7.29. The van der Waals surface area contributed by atoms with Crippen LogP contribution in [0.3, 0.4) is 0 Å². The molecule has 1 amide bonds. The molecule has 2 aromatic heterocycles. The molecule has 0 unspecified atom stereocenters. The van der Waals surface area contributed by atoms with Crippen LogP contribution in [0.25, 0.3) is 0 Å². The van der Waals surface area contributed by atoms with Gasteiger partial charge >= 0.3 is 0 Å². The topological polar surface area (TPSA) is 107 Å². The highest BCUT2D eigenvalue weighted by molar-refractivity contribution is 7.17. The largest absolute Gasteiger partial charge is 0.375 e. The van der Waals surface area contributed by atoms with E-state index in [1.807, 2.05) is 6.92 Å². The van der Waals surface area contributed by atoms with Gasteiger partial charge in [-0.2, -0.15) is 4.98 Å². The van der Waals surface area contributed by atoms with E-state index >= 15 is 0 Å². The van der Waals surface area contributed by atoms with Crippen molar-refractivity contribution in [3.8, 4) is 0 Å². The molecule has 3 rings (SSSR count). The minimum Gasteiger partial charge on any atom is -0.375 e. The maximum absolute atomic E-state index is 12.2. The van der Waals surface area contributed by atoms with E-state index < -0.39 is 0 Å². The van der Waals surface area contributed by atoms with Crippen LogP contribution >= 0.6 is 11.3 Å². The molecular weight excluding hydrogens is 314 g/mol. The Morgan fingerprint density at radius 3 is 2.91 bits per heavy atom. The Bertz CT molecular complexity index is 675. The van der Waals surface area contributed by atoms with Gasteiger partial charge in [-0.3, -0.25) is 4.79 Å². The molecule has 2 aromatic rings. The molecule has 8 heteroatoms. The summed E-state index contributed by atoms with van der Waals surface area (Å²) in [6.07, 6.45) is 5.96. The number of hydrogen-bond donors (Lipinski definition) is 2. The molecule has 0 aliphatic heterocycles. The van der Waals surface area contributed by atoms with Crippen LogP contribution in [0.1, 0.15) is 65.6 Å². The third-order valence-corrected chi connectivity index (χ3v) is 5.00. The predicted octanol–water partition coefficient (Wildman–Crippen LogP) is 2.30. The number of hydrogen-bond acceptors (Lipinski definition) is 7. The summed E-state index contributed by atoms with van der Waals surface area (Å²) < 4.78 is 5.33. The van der Waals surface area contributed by atoms with Gasteiger partial charge in [-0.1, -0.05) is 36.3 Å². The fraction of sp³-hybridized carbons (Fsp3) is 0.600. The molecule has 2 heterocycles. The molecule has 23 heavy (non-hydrogen) atoms. The predicted molar refractivity (Wildman–Crippen MR) is 87.4 cm³/mol. The normalized spacial score (nSPS) is 15.2. The third-order valence-electron chi connectivity index (χ3n) is 4.08. The van der Waals surface area contributed by atoms with Gasteiger partial charge < -0.3 is 15.6 Å². The van der Waals surface area contributed by atoms with E-state index in [2.05, 4.69) is 20.4 Å². The van der Waals surface area contributed by atoms with Crippen molar-refractivity contribution in [2.75, 3.05) is 12.3 Å². The van der Waals surface area contributed by atoms with Gasteiger partial charge in [0.15, 0.2) is 11.0 Å². The summed E-state index contributed by atoms with van der Waals surface area (Å²) in [5.74, 6) is 1.66. The summed E-state index contributed by atoms with van der Waals surface area (Å²) in [7, 11) is 0. The zero-order valence-corrected chi connectivity index (χ0v) is 14.0. The highest BCUT2D eigenvalue weighted by atomic mass is 32.1. The quantitative estimate of drug-likeness (QED) is 0.839. The summed E-state index contributed by atoms with van der Waals surface area (Å²) in [6, 6.07) is 0. The molecule has 3 N–H and O–H groups in total. The van der Waals surface area contributed by atoms with Gasteiger partial charge in [0.1, 0.15) is 4.88 Å². The zero-order chi connectivity index (χ0) is 16.2. The molecule has 0 aromatic carbocycles. The van der Waals surface area contributed by atoms with Crippen LogP contribution in [-0.4, -0.2) is 27.6 Å². The van der Waals surface area contributed by atoms with E-state index in [0.717, 1.165) is 24.4 Å². The van der Waals surface area contributed by atoms with Crippen LogP contribution in [0.5, 0.6) is 0 Å². The lowest BCUT2D eigenvalue weighted by Gasteiger charge is -2.02. The fourth-order valence-electron chi connectivity index (χ4n) is 2.86. The van der Waals surface area contributed by atoms with Crippen LogP contribution < -0.4 is 11.1 Å². The first-order valence-electron chi connectivity index (χ1n) is 8.03. The monoisotopic (exact) mass is 335 g/mol. The second-order valence-electron chi connectivity index (χ2n) is 5.72. The van der Waals surface area contributed by atoms with Crippen LogP contribution in [0, 0.1) is 0 Å². The highest BCUT2D eigenvalue weighted by Gasteiger charge is 2.23. The second kappa shape index (κ2) is 7.08. The van der Waals surface area contributed by atoms with Gasteiger partial charge in [0, 0.05) is 18.9 Å². The van der Waals surface area contributed by atoms with Crippen LogP contribution in [0.2, 0.25) is 0 Å². The van der Waals surface area contributed by atoms with Crippen molar-refractivity contribution < 1.29 is 9.32 Å². The summed E-state index contributed by atoms with van der Waals surface area (Å²) in [4.78, 5) is 21.4. The standard InChI is InChI=1S/C15H21N5O2S/c1-2-10-12(23-15(16)18-10)13(21)17-8-7-11-19-14(22-20-11)9-5-3-4-6-9/h9H,2-8H2,1H3,(H2,16,18)(H,17,21). The first-order valence-corrected chi connectivity index (χ1v) is 8.85. The molecule has 1 fully saturated rings. The van der Waals surface area contributed by atoms with Gasteiger partial charge in [0.2, 0.25) is 5.89 Å². The van der Waals surface area contributed by atoms with E-state index in [9.17, 15) is 4.79 Å². The number of amides is 1. The average molecular weight is 335 g/mol. The Hall–Kier alpha value is -1.96. The van der Waals surface area contributed by atoms with Crippen molar-refractivity contribution in [3.63, 3.8) is 0 Å². The molecule has 0 saturated heterocycles. The smallest absolute Gasteiger partial charge is 0.263 e. The Morgan fingerprint density at radius 1 is 1.39 bits per heavy atom. The Labute approximate surface area is 138 Å². The lowest BCUT2D eigenvalue weighted by molar-refractivity contribution is 0.0957. The van der Waals surface area contributed by atoms with Crippen LogP contribution in [0.4, 0.5) is 5.13 Å². The Balaban J connectivity index is 1.51. The van der Waals surface area contributed by atoms with Crippen LogP contribution in [0.15, 0.2) is 4.52 Å². The fourth-order valence-corrected chi connectivity index (χ4v) is 3.70. The minimum atomic E-state index is -0.143. The number of carbonyl (C=O) groups is 1.